The highest BCUT2D eigenvalue weighted by molar-refractivity contribution is 7.89. The number of hydrogen-bond acceptors (Lipinski definition) is 8. The molecule has 0 aliphatic carbocycles. The number of sulfonamides is 1. The van der Waals surface area contributed by atoms with Gasteiger partial charge in [-0.1, -0.05) is 23.4 Å². The number of hydrogen-bond donors (Lipinski definition) is 4. The molecule has 11 nitrogen and oxygen atoms in total. The van der Waals surface area contributed by atoms with Crippen molar-refractivity contribution >= 4 is 21.8 Å². The number of nitrogens with two attached hydrogens (primary N) is 1. The van der Waals surface area contributed by atoms with Gasteiger partial charge in [-0.25, -0.2) is 13.9 Å². The summed E-state index contributed by atoms with van der Waals surface area (Å²) in [5.74, 6) is -0.0870. The summed E-state index contributed by atoms with van der Waals surface area (Å²) in [6, 6.07) is 10.8. The van der Waals surface area contributed by atoms with E-state index in [0.717, 1.165) is 4.31 Å². The normalized spacial score (nSPS) is 13.5. The Hall–Kier alpha value is -3.35. The number of ether oxygens (including phenoxy) is 2. The number of carbonyl (C=O) groups excluding carboxylic acids is 1. The van der Waals surface area contributed by atoms with Crippen LogP contribution in [0.3, 0.4) is 0 Å². The third kappa shape index (κ3) is 4.45. The van der Waals surface area contributed by atoms with Crippen LogP contribution in [0.25, 0.3) is 0 Å². The molecule has 0 unspecified atom stereocenters. The molecule has 12 heteroatoms. The van der Waals surface area contributed by atoms with E-state index in [1.807, 2.05) is 0 Å². The number of amidine groups is 1. The first kappa shape index (κ1) is 21.4. The number of fused-ring (bicyclic) bond motifs is 1. The van der Waals surface area contributed by atoms with Crippen LogP contribution >= 0.6 is 0 Å². The van der Waals surface area contributed by atoms with E-state index in [-0.39, 0.29) is 42.6 Å². The SMILES string of the molecule is NC(=NO)c1ccccc1S(=O)(=O)N(CCC(=O)NO)Cc1ccc2c(c1)OCO2. The molecule has 0 bridgehead atoms. The van der Waals surface area contributed by atoms with Gasteiger partial charge in [0.05, 0.1) is 4.90 Å². The molecule has 0 aromatic heterocycles. The Morgan fingerprint density at radius 1 is 1.20 bits per heavy atom. The van der Waals surface area contributed by atoms with Gasteiger partial charge in [-0.15, -0.1) is 0 Å². The van der Waals surface area contributed by atoms with Gasteiger partial charge in [0.2, 0.25) is 22.7 Å². The van der Waals surface area contributed by atoms with E-state index >= 15 is 0 Å². The molecule has 30 heavy (non-hydrogen) atoms. The maximum atomic E-state index is 13.4. The largest absolute Gasteiger partial charge is 0.454 e. The smallest absolute Gasteiger partial charge is 0.244 e. The van der Waals surface area contributed by atoms with Crippen molar-refractivity contribution in [1.29, 1.82) is 0 Å². The van der Waals surface area contributed by atoms with Crippen molar-refractivity contribution in [2.24, 2.45) is 10.9 Å². The van der Waals surface area contributed by atoms with E-state index < -0.39 is 15.9 Å². The Bertz CT molecular complexity index is 1070. The molecule has 1 amide bonds. The number of amides is 1. The molecule has 0 saturated heterocycles. The topological polar surface area (TPSA) is 164 Å². The molecule has 2 aromatic carbocycles. The van der Waals surface area contributed by atoms with Gasteiger partial charge in [0.25, 0.3) is 0 Å². The molecular formula is C18H20N4O7S. The zero-order chi connectivity index (χ0) is 21.7. The summed E-state index contributed by atoms with van der Waals surface area (Å²) in [6.45, 7) is -0.250. The van der Waals surface area contributed by atoms with Crippen LogP contribution in [0.4, 0.5) is 0 Å². The zero-order valence-corrected chi connectivity index (χ0v) is 16.5. The summed E-state index contributed by atoms with van der Waals surface area (Å²) < 4.78 is 38.4. The standard InChI is InChI=1S/C18H20N4O7S/c19-18(21-25)13-3-1-2-4-16(13)30(26,27)22(8-7-17(23)20-24)10-12-5-6-14-15(9-12)29-11-28-14/h1-6,9,24-25H,7-8,10-11H2,(H2,19,21)(H,20,23). The lowest BCUT2D eigenvalue weighted by molar-refractivity contribution is -0.129. The Balaban J connectivity index is 1.98. The maximum absolute atomic E-state index is 13.4. The van der Waals surface area contributed by atoms with Crippen molar-refractivity contribution in [3.05, 3.63) is 53.6 Å². The number of benzene rings is 2. The number of rotatable bonds is 8. The van der Waals surface area contributed by atoms with Gasteiger partial charge in [0.1, 0.15) is 0 Å². The predicted molar refractivity (Wildman–Crippen MR) is 104 cm³/mol. The summed E-state index contributed by atoms with van der Waals surface area (Å²) in [6.07, 6.45) is -0.286. The average Bonchev–Trinajstić information content (AvgIpc) is 3.23. The molecule has 1 heterocycles. The van der Waals surface area contributed by atoms with E-state index in [4.69, 9.17) is 25.6 Å². The lowest BCUT2D eigenvalue weighted by atomic mass is 10.2. The van der Waals surface area contributed by atoms with Crippen LogP contribution in [0.5, 0.6) is 11.5 Å². The van der Waals surface area contributed by atoms with E-state index in [0.29, 0.717) is 17.1 Å². The third-order valence-electron chi connectivity index (χ3n) is 4.40. The number of oxime groups is 1. The first-order valence-corrected chi connectivity index (χ1v) is 10.2. The molecule has 2 aromatic rings. The van der Waals surface area contributed by atoms with Crippen LogP contribution in [0.2, 0.25) is 0 Å². The molecule has 0 atom stereocenters. The van der Waals surface area contributed by atoms with Gasteiger partial charge < -0.3 is 20.4 Å². The van der Waals surface area contributed by atoms with E-state index in [1.54, 1.807) is 24.3 Å². The van der Waals surface area contributed by atoms with Gasteiger partial charge in [0, 0.05) is 25.1 Å². The van der Waals surface area contributed by atoms with Crippen molar-refractivity contribution in [3.63, 3.8) is 0 Å². The van der Waals surface area contributed by atoms with Crippen LogP contribution in [-0.4, -0.2) is 48.2 Å². The van der Waals surface area contributed by atoms with Gasteiger partial charge in [-0.05, 0) is 29.8 Å². The number of nitrogens with zero attached hydrogens (tertiary/aromatic N) is 2. The summed E-state index contributed by atoms with van der Waals surface area (Å²) >= 11 is 0. The summed E-state index contributed by atoms with van der Waals surface area (Å²) in [5, 5.41) is 20.6. The van der Waals surface area contributed by atoms with E-state index in [9.17, 15) is 13.2 Å². The summed E-state index contributed by atoms with van der Waals surface area (Å²) in [7, 11) is -4.18. The van der Waals surface area contributed by atoms with Gasteiger partial charge in [-0.2, -0.15) is 4.31 Å². The molecule has 0 saturated carbocycles. The van der Waals surface area contributed by atoms with Crippen molar-refractivity contribution in [2.45, 2.75) is 17.9 Å². The molecule has 160 valence electrons. The number of hydroxylamine groups is 1. The van der Waals surface area contributed by atoms with Crippen LogP contribution < -0.4 is 20.7 Å². The lowest BCUT2D eigenvalue weighted by Gasteiger charge is -2.23. The molecule has 0 fully saturated rings. The molecule has 1 aliphatic rings. The summed E-state index contributed by atoms with van der Waals surface area (Å²) in [5.41, 5.74) is 7.73. The number of nitrogens with one attached hydrogen (secondary N) is 1. The van der Waals surface area contributed by atoms with E-state index in [1.165, 1.54) is 23.7 Å². The fraction of sp³-hybridized carbons (Fsp3) is 0.222. The highest BCUT2D eigenvalue weighted by Crippen LogP contribution is 2.33. The fourth-order valence-electron chi connectivity index (χ4n) is 2.91. The second kappa shape index (κ2) is 8.98. The first-order valence-electron chi connectivity index (χ1n) is 8.75. The van der Waals surface area contributed by atoms with Crippen molar-refractivity contribution < 1.29 is 33.1 Å². The quantitative estimate of drug-likeness (QED) is 0.154. The van der Waals surface area contributed by atoms with Gasteiger partial charge in [0.15, 0.2) is 17.3 Å². The van der Waals surface area contributed by atoms with Crippen molar-refractivity contribution in [3.8, 4) is 11.5 Å². The Morgan fingerprint density at radius 3 is 2.67 bits per heavy atom. The highest BCUT2D eigenvalue weighted by Gasteiger charge is 2.29. The Labute approximate surface area is 172 Å². The van der Waals surface area contributed by atoms with Crippen molar-refractivity contribution in [2.75, 3.05) is 13.3 Å². The fourth-order valence-corrected chi connectivity index (χ4v) is 4.54. The van der Waals surface area contributed by atoms with Crippen LogP contribution in [0.15, 0.2) is 52.5 Å². The first-order chi connectivity index (χ1) is 14.4. The Kier molecular flexibility index (Phi) is 6.40. The van der Waals surface area contributed by atoms with Crippen LogP contribution in [0, 0.1) is 0 Å². The van der Waals surface area contributed by atoms with Gasteiger partial charge in [-0.3, -0.25) is 10.0 Å². The summed E-state index contributed by atoms with van der Waals surface area (Å²) in [4.78, 5) is 11.3. The second-order valence-electron chi connectivity index (χ2n) is 6.29. The van der Waals surface area contributed by atoms with Crippen LogP contribution in [0.1, 0.15) is 17.5 Å². The molecule has 0 radical (unpaired) electrons. The monoisotopic (exact) mass is 436 g/mol. The zero-order valence-electron chi connectivity index (χ0n) is 15.7. The minimum atomic E-state index is -4.18. The van der Waals surface area contributed by atoms with Gasteiger partial charge >= 0.3 is 0 Å². The number of carbonyl (C=O) groups is 1. The third-order valence-corrected chi connectivity index (χ3v) is 6.30. The molecular weight excluding hydrogens is 416 g/mol. The maximum Gasteiger partial charge on any atom is 0.244 e. The molecule has 1 aliphatic heterocycles. The minimum absolute atomic E-state index is 0.0160. The van der Waals surface area contributed by atoms with Crippen molar-refractivity contribution in [1.82, 2.24) is 9.79 Å². The van der Waals surface area contributed by atoms with E-state index in [2.05, 4.69) is 5.16 Å². The highest BCUT2D eigenvalue weighted by atomic mass is 32.2. The average molecular weight is 436 g/mol. The van der Waals surface area contributed by atoms with Crippen LogP contribution in [-0.2, 0) is 21.4 Å². The Morgan fingerprint density at radius 2 is 1.93 bits per heavy atom. The molecule has 0 spiro atoms. The minimum Gasteiger partial charge on any atom is -0.454 e. The second-order valence-corrected chi connectivity index (χ2v) is 8.20. The lowest BCUT2D eigenvalue weighted by Crippen LogP contribution is -2.35. The molecule has 3 rings (SSSR count). The predicted octanol–water partition coefficient (Wildman–Crippen LogP) is 0.596. The molecule has 5 N–H and O–H groups in total.